The molecule has 12 heavy (non-hydrogen) atoms. The zero-order valence-corrected chi connectivity index (χ0v) is 9.33. The third kappa shape index (κ3) is 1.69. The first-order valence-corrected chi connectivity index (χ1v) is 5.77. The molecular formula is C8H10BrNOS. The van der Waals surface area contributed by atoms with Crippen molar-refractivity contribution >= 4 is 32.4 Å². The lowest BCUT2D eigenvalue weighted by atomic mass is 10.2. The Hall–Kier alpha value is -0.350. The fraction of sp³-hybridized carbons (Fsp3) is 0.250. The summed E-state index contributed by atoms with van der Waals surface area (Å²) in [4.78, 5) is 0.726. The molecule has 1 aromatic rings. The van der Waals surface area contributed by atoms with E-state index in [4.69, 9.17) is 5.73 Å². The second kappa shape index (κ2) is 3.58. The molecule has 2 nitrogen and oxygen atoms in total. The molecule has 1 aromatic carbocycles. The van der Waals surface area contributed by atoms with Crippen molar-refractivity contribution < 1.29 is 4.21 Å². The molecular weight excluding hydrogens is 238 g/mol. The number of benzene rings is 1. The highest BCUT2D eigenvalue weighted by molar-refractivity contribution is 9.10. The predicted octanol–water partition coefficient (Wildman–Crippen LogP) is 2.08. The van der Waals surface area contributed by atoms with Crippen LogP contribution in [0.5, 0.6) is 0 Å². The van der Waals surface area contributed by atoms with Crippen LogP contribution in [0.25, 0.3) is 0 Å². The van der Waals surface area contributed by atoms with Crippen molar-refractivity contribution in [3.05, 3.63) is 22.2 Å². The summed E-state index contributed by atoms with van der Waals surface area (Å²) in [5.74, 6) is 0. The summed E-state index contributed by atoms with van der Waals surface area (Å²) < 4.78 is 12.2. The van der Waals surface area contributed by atoms with Crippen LogP contribution in [0, 0.1) is 6.92 Å². The number of hydrogen-bond acceptors (Lipinski definition) is 2. The Morgan fingerprint density at radius 3 is 2.50 bits per heavy atom. The minimum absolute atomic E-state index is 0.594. The number of nitrogen functional groups attached to an aromatic ring is 1. The van der Waals surface area contributed by atoms with Crippen molar-refractivity contribution in [3.63, 3.8) is 0 Å². The van der Waals surface area contributed by atoms with Crippen molar-refractivity contribution in [1.29, 1.82) is 0 Å². The molecule has 0 fully saturated rings. The highest BCUT2D eigenvalue weighted by atomic mass is 79.9. The lowest BCUT2D eigenvalue weighted by Crippen LogP contribution is -1.99. The monoisotopic (exact) mass is 247 g/mol. The van der Waals surface area contributed by atoms with Crippen LogP contribution >= 0.6 is 15.9 Å². The summed E-state index contributed by atoms with van der Waals surface area (Å²) >= 11 is 3.36. The van der Waals surface area contributed by atoms with Crippen LogP contribution < -0.4 is 5.73 Å². The van der Waals surface area contributed by atoms with E-state index in [9.17, 15) is 4.21 Å². The van der Waals surface area contributed by atoms with Crippen molar-refractivity contribution in [2.45, 2.75) is 11.8 Å². The van der Waals surface area contributed by atoms with Gasteiger partial charge in [-0.1, -0.05) is 15.9 Å². The SMILES string of the molecule is Cc1c(Br)ccc(N)c1S(C)=O. The molecule has 0 spiro atoms. The van der Waals surface area contributed by atoms with Gasteiger partial charge in [0.15, 0.2) is 0 Å². The molecule has 1 atom stereocenters. The van der Waals surface area contributed by atoms with Crippen LogP contribution in [-0.2, 0) is 10.8 Å². The molecule has 1 rings (SSSR count). The van der Waals surface area contributed by atoms with Gasteiger partial charge in [-0.2, -0.15) is 0 Å². The zero-order valence-electron chi connectivity index (χ0n) is 6.93. The topological polar surface area (TPSA) is 43.1 Å². The van der Waals surface area contributed by atoms with Gasteiger partial charge in [0.05, 0.1) is 15.7 Å². The van der Waals surface area contributed by atoms with Gasteiger partial charge in [-0.25, -0.2) is 0 Å². The number of hydrogen-bond donors (Lipinski definition) is 1. The van der Waals surface area contributed by atoms with Crippen LogP contribution in [0.3, 0.4) is 0 Å². The molecule has 66 valence electrons. The van der Waals surface area contributed by atoms with Crippen molar-refractivity contribution in [1.82, 2.24) is 0 Å². The lowest BCUT2D eigenvalue weighted by molar-refractivity contribution is 0.686. The summed E-state index contributed by atoms with van der Waals surface area (Å²) in [6.07, 6.45) is 1.63. The summed E-state index contributed by atoms with van der Waals surface area (Å²) in [6.45, 7) is 1.90. The Bertz CT molecular complexity index is 338. The Morgan fingerprint density at radius 2 is 2.08 bits per heavy atom. The number of rotatable bonds is 1. The highest BCUT2D eigenvalue weighted by Gasteiger charge is 2.09. The fourth-order valence-electron chi connectivity index (χ4n) is 1.07. The Labute approximate surface area is 82.7 Å². The maximum absolute atomic E-state index is 11.2. The summed E-state index contributed by atoms with van der Waals surface area (Å²) in [5, 5.41) is 0. The van der Waals surface area contributed by atoms with Gasteiger partial charge in [0.25, 0.3) is 0 Å². The molecule has 0 aliphatic heterocycles. The maximum Gasteiger partial charge on any atom is 0.0654 e. The molecule has 1 unspecified atom stereocenters. The van der Waals surface area contributed by atoms with Crippen LogP contribution in [-0.4, -0.2) is 10.5 Å². The quantitative estimate of drug-likeness (QED) is 0.773. The minimum atomic E-state index is -1.02. The molecule has 0 amide bonds. The molecule has 2 N–H and O–H groups in total. The van der Waals surface area contributed by atoms with E-state index >= 15 is 0 Å². The molecule has 0 saturated carbocycles. The van der Waals surface area contributed by atoms with Gasteiger partial charge >= 0.3 is 0 Å². The molecule has 0 heterocycles. The van der Waals surface area contributed by atoms with E-state index in [1.807, 2.05) is 13.0 Å². The third-order valence-corrected chi connectivity index (χ3v) is 3.63. The first kappa shape index (κ1) is 9.74. The maximum atomic E-state index is 11.2. The number of halogens is 1. The first-order chi connectivity index (χ1) is 5.54. The highest BCUT2D eigenvalue weighted by Crippen LogP contribution is 2.26. The molecule has 0 saturated heterocycles. The normalized spacial score (nSPS) is 12.9. The summed E-state index contributed by atoms with van der Waals surface area (Å²) in [6, 6.07) is 3.62. The lowest BCUT2D eigenvalue weighted by Gasteiger charge is -2.07. The standard InChI is InChI=1S/C8H10BrNOS/c1-5-6(9)3-4-7(10)8(5)12(2)11/h3-4H,10H2,1-2H3. The van der Waals surface area contributed by atoms with Gasteiger partial charge in [-0.3, -0.25) is 4.21 Å². The van der Waals surface area contributed by atoms with E-state index in [0.29, 0.717) is 5.69 Å². The third-order valence-electron chi connectivity index (χ3n) is 1.66. The van der Waals surface area contributed by atoms with Crippen LogP contribution in [0.2, 0.25) is 0 Å². The average Bonchev–Trinajstić information content (AvgIpc) is 1.97. The second-order valence-electron chi connectivity index (χ2n) is 2.54. The van der Waals surface area contributed by atoms with Crippen LogP contribution in [0.15, 0.2) is 21.5 Å². The van der Waals surface area contributed by atoms with Gasteiger partial charge in [-0.05, 0) is 24.6 Å². The zero-order chi connectivity index (χ0) is 9.30. The van der Waals surface area contributed by atoms with Gasteiger partial charge < -0.3 is 5.73 Å². The van der Waals surface area contributed by atoms with Gasteiger partial charge in [0, 0.05) is 16.4 Å². The average molecular weight is 248 g/mol. The predicted molar refractivity (Wildman–Crippen MR) is 55.6 cm³/mol. The number of anilines is 1. The van der Waals surface area contributed by atoms with Gasteiger partial charge in [0.1, 0.15) is 0 Å². The van der Waals surface area contributed by atoms with E-state index in [-0.39, 0.29) is 0 Å². The van der Waals surface area contributed by atoms with Crippen LogP contribution in [0.1, 0.15) is 5.56 Å². The fourth-order valence-corrected chi connectivity index (χ4v) is 2.47. The minimum Gasteiger partial charge on any atom is -0.398 e. The summed E-state index contributed by atoms with van der Waals surface area (Å²) in [5.41, 5.74) is 7.23. The molecule has 0 aromatic heterocycles. The van der Waals surface area contributed by atoms with Gasteiger partial charge in [0.2, 0.25) is 0 Å². The molecule has 0 bridgehead atoms. The summed E-state index contributed by atoms with van der Waals surface area (Å²) in [7, 11) is -1.02. The van der Waals surface area contributed by atoms with E-state index in [1.165, 1.54) is 0 Å². The van der Waals surface area contributed by atoms with Gasteiger partial charge in [-0.15, -0.1) is 0 Å². The van der Waals surface area contributed by atoms with Crippen molar-refractivity contribution in [2.24, 2.45) is 0 Å². The Kier molecular flexibility index (Phi) is 2.90. The first-order valence-electron chi connectivity index (χ1n) is 3.42. The molecule has 0 aliphatic carbocycles. The molecule has 0 aliphatic rings. The molecule has 0 radical (unpaired) electrons. The molecule has 4 heteroatoms. The van der Waals surface area contributed by atoms with E-state index in [1.54, 1.807) is 12.3 Å². The van der Waals surface area contributed by atoms with E-state index in [0.717, 1.165) is 14.9 Å². The number of nitrogens with two attached hydrogens (primary N) is 1. The Morgan fingerprint density at radius 1 is 1.50 bits per heavy atom. The largest absolute Gasteiger partial charge is 0.398 e. The van der Waals surface area contributed by atoms with E-state index in [2.05, 4.69) is 15.9 Å². The van der Waals surface area contributed by atoms with Crippen LogP contribution in [0.4, 0.5) is 5.69 Å². The second-order valence-corrected chi connectivity index (χ2v) is 4.72. The Balaban J connectivity index is 3.43. The van der Waals surface area contributed by atoms with E-state index < -0.39 is 10.8 Å². The van der Waals surface area contributed by atoms with Crippen molar-refractivity contribution in [3.8, 4) is 0 Å². The van der Waals surface area contributed by atoms with Crippen molar-refractivity contribution in [2.75, 3.05) is 12.0 Å². The smallest absolute Gasteiger partial charge is 0.0654 e.